The third-order valence-corrected chi connectivity index (χ3v) is 7.65. The zero-order valence-corrected chi connectivity index (χ0v) is 19.8. The van der Waals surface area contributed by atoms with Crippen LogP contribution in [0.25, 0.3) is 31.7 Å². The van der Waals surface area contributed by atoms with Crippen molar-refractivity contribution in [2.24, 2.45) is 0 Å². The first kappa shape index (κ1) is 21.3. The van der Waals surface area contributed by atoms with Crippen LogP contribution in [0.4, 0.5) is 0 Å². The summed E-state index contributed by atoms with van der Waals surface area (Å²) in [6.45, 7) is 6.94. The van der Waals surface area contributed by atoms with Crippen LogP contribution in [-0.4, -0.2) is 38.9 Å². The van der Waals surface area contributed by atoms with Crippen LogP contribution in [-0.2, 0) is 27.3 Å². The second kappa shape index (κ2) is 8.42. The van der Waals surface area contributed by atoms with Crippen LogP contribution in [0.5, 0.6) is 0 Å². The van der Waals surface area contributed by atoms with E-state index in [1.165, 1.54) is 17.3 Å². The summed E-state index contributed by atoms with van der Waals surface area (Å²) < 4.78 is 12.2. The zero-order chi connectivity index (χ0) is 22.3. The van der Waals surface area contributed by atoms with Gasteiger partial charge in [-0.25, -0.2) is 15.0 Å². The van der Waals surface area contributed by atoms with Crippen molar-refractivity contribution in [3.63, 3.8) is 0 Å². The molecule has 0 N–H and O–H groups in total. The van der Waals surface area contributed by atoms with Crippen LogP contribution in [0.3, 0.4) is 0 Å². The van der Waals surface area contributed by atoms with E-state index in [9.17, 15) is 4.79 Å². The minimum absolute atomic E-state index is 0.218. The monoisotopic (exact) mass is 465 g/mol. The number of benzene rings is 1. The van der Waals surface area contributed by atoms with Crippen molar-refractivity contribution in [2.75, 3.05) is 12.4 Å². The molecule has 164 valence electrons. The number of fused-ring (bicyclic) bond motifs is 5. The number of esters is 1. The van der Waals surface area contributed by atoms with Gasteiger partial charge >= 0.3 is 5.97 Å². The minimum Gasteiger partial charge on any atom is -0.465 e. The Morgan fingerprint density at radius 1 is 1.22 bits per heavy atom. The van der Waals surface area contributed by atoms with E-state index < -0.39 is 0 Å². The molecule has 4 heterocycles. The maximum atomic E-state index is 11.9. The second-order valence-electron chi connectivity index (χ2n) is 8.24. The Morgan fingerprint density at radius 2 is 2.03 bits per heavy atom. The highest BCUT2D eigenvalue weighted by atomic mass is 32.2. The average molecular weight is 466 g/mol. The Bertz CT molecular complexity index is 1320. The summed E-state index contributed by atoms with van der Waals surface area (Å²) in [4.78, 5) is 27.0. The van der Waals surface area contributed by atoms with Crippen LogP contribution in [0.15, 0.2) is 41.7 Å². The minimum atomic E-state index is -0.266. The lowest BCUT2D eigenvalue weighted by molar-refractivity contribution is -0.139. The Morgan fingerprint density at radius 3 is 2.81 bits per heavy atom. The summed E-state index contributed by atoms with van der Waals surface area (Å²) >= 11 is 2.97. The lowest BCUT2D eigenvalue weighted by Gasteiger charge is -2.33. The Labute approximate surface area is 194 Å². The number of carbonyl (C=O) groups is 1. The molecule has 6 nitrogen and oxygen atoms in total. The molecule has 1 aliphatic rings. The van der Waals surface area contributed by atoms with Gasteiger partial charge in [0.15, 0.2) is 0 Å². The molecule has 0 saturated heterocycles. The molecule has 0 aliphatic carbocycles. The van der Waals surface area contributed by atoms with Crippen molar-refractivity contribution < 1.29 is 14.3 Å². The molecular weight excluding hydrogens is 442 g/mol. The highest BCUT2D eigenvalue weighted by Crippen LogP contribution is 2.44. The molecule has 0 saturated carbocycles. The molecule has 4 aromatic rings. The first-order valence-electron chi connectivity index (χ1n) is 10.5. The fourth-order valence-corrected chi connectivity index (χ4v) is 6.09. The maximum Gasteiger partial charge on any atom is 0.316 e. The van der Waals surface area contributed by atoms with Crippen LogP contribution in [0.1, 0.15) is 31.9 Å². The topological polar surface area (TPSA) is 74.2 Å². The normalized spacial score (nSPS) is 15.1. The van der Waals surface area contributed by atoms with E-state index in [4.69, 9.17) is 14.5 Å². The van der Waals surface area contributed by atoms with Crippen LogP contribution < -0.4 is 0 Å². The molecule has 1 aliphatic heterocycles. The summed E-state index contributed by atoms with van der Waals surface area (Å²) in [5, 5.41) is 1.86. The standard InChI is InChI=1S/C24H23N3O3S2/c1-4-29-17(28)12-31-23-21-20(25-13-26-23)18-15-10-24(2,3)30-11-16(15)19(27-22(18)32-21)14-8-6-5-7-9-14/h5-9,13H,4,10-12H2,1-3H3. The molecule has 1 aromatic carbocycles. The fourth-order valence-electron chi connectivity index (χ4n) is 4.05. The van der Waals surface area contributed by atoms with Gasteiger partial charge in [0.2, 0.25) is 0 Å². The van der Waals surface area contributed by atoms with Gasteiger partial charge in [0.25, 0.3) is 0 Å². The lowest BCUT2D eigenvalue weighted by atomic mass is 9.88. The third kappa shape index (κ3) is 3.87. The van der Waals surface area contributed by atoms with Crippen molar-refractivity contribution in [2.45, 2.75) is 44.4 Å². The predicted molar refractivity (Wildman–Crippen MR) is 128 cm³/mol. The van der Waals surface area contributed by atoms with Crippen molar-refractivity contribution in [3.05, 3.63) is 47.8 Å². The van der Waals surface area contributed by atoms with Crippen LogP contribution in [0.2, 0.25) is 0 Å². The highest BCUT2D eigenvalue weighted by molar-refractivity contribution is 8.00. The number of rotatable bonds is 5. The molecule has 0 bridgehead atoms. The number of aromatic nitrogens is 3. The van der Waals surface area contributed by atoms with Gasteiger partial charge in [-0.05, 0) is 26.3 Å². The molecule has 0 amide bonds. The van der Waals surface area contributed by atoms with E-state index in [1.807, 2.05) is 25.1 Å². The SMILES string of the molecule is CCOC(=O)CSc1ncnc2c1sc1nc(-c3ccccc3)c3c(c12)CC(C)(C)OC3. The summed E-state index contributed by atoms with van der Waals surface area (Å²) in [5.74, 6) is -0.0262. The molecule has 5 rings (SSSR count). The van der Waals surface area contributed by atoms with Crippen molar-refractivity contribution in [1.29, 1.82) is 0 Å². The molecule has 8 heteroatoms. The first-order chi connectivity index (χ1) is 15.5. The van der Waals surface area contributed by atoms with Crippen molar-refractivity contribution in [1.82, 2.24) is 15.0 Å². The van der Waals surface area contributed by atoms with Gasteiger partial charge < -0.3 is 9.47 Å². The van der Waals surface area contributed by atoms with Crippen LogP contribution in [0, 0.1) is 0 Å². The van der Waals surface area contributed by atoms with Gasteiger partial charge in [-0.1, -0.05) is 42.1 Å². The summed E-state index contributed by atoms with van der Waals surface area (Å²) in [6, 6.07) is 10.2. The number of thioether (sulfide) groups is 1. The van der Waals surface area contributed by atoms with Crippen molar-refractivity contribution >= 4 is 49.5 Å². The quantitative estimate of drug-likeness (QED) is 0.221. The van der Waals surface area contributed by atoms with E-state index in [-0.39, 0.29) is 17.3 Å². The molecule has 0 radical (unpaired) electrons. The van der Waals surface area contributed by atoms with Crippen molar-refractivity contribution in [3.8, 4) is 11.3 Å². The van der Waals surface area contributed by atoms with Gasteiger partial charge in [0.1, 0.15) is 16.2 Å². The molecule has 0 unspecified atom stereocenters. The number of hydrogen-bond donors (Lipinski definition) is 0. The van der Waals surface area contributed by atoms with E-state index in [2.05, 4.69) is 35.9 Å². The molecule has 3 aromatic heterocycles. The Hall–Kier alpha value is -2.55. The average Bonchev–Trinajstić information content (AvgIpc) is 3.16. The molecular formula is C24H23N3O3S2. The van der Waals surface area contributed by atoms with Crippen LogP contribution >= 0.6 is 23.1 Å². The number of thiophene rings is 1. The molecule has 0 spiro atoms. The first-order valence-corrected chi connectivity index (χ1v) is 12.3. The number of hydrogen-bond acceptors (Lipinski definition) is 8. The van der Waals surface area contributed by atoms with E-state index in [0.29, 0.717) is 13.2 Å². The van der Waals surface area contributed by atoms with E-state index in [0.717, 1.165) is 48.7 Å². The van der Waals surface area contributed by atoms with Gasteiger partial charge in [-0.3, -0.25) is 4.79 Å². The smallest absolute Gasteiger partial charge is 0.316 e. The number of pyridine rings is 1. The van der Waals surface area contributed by atoms with E-state index >= 15 is 0 Å². The maximum absolute atomic E-state index is 11.9. The zero-order valence-electron chi connectivity index (χ0n) is 18.2. The van der Waals surface area contributed by atoms with Gasteiger partial charge in [0, 0.05) is 22.9 Å². The lowest BCUT2D eigenvalue weighted by Crippen LogP contribution is -2.32. The number of nitrogens with zero attached hydrogens (tertiary/aromatic N) is 3. The van der Waals surface area contributed by atoms with Gasteiger partial charge in [0.05, 0.1) is 40.5 Å². The Balaban J connectivity index is 1.71. The second-order valence-corrected chi connectivity index (χ2v) is 10.2. The van der Waals surface area contributed by atoms with E-state index in [1.54, 1.807) is 17.7 Å². The number of ether oxygens (including phenoxy) is 2. The third-order valence-electron chi connectivity index (χ3n) is 5.47. The Kier molecular flexibility index (Phi) is 5.61. The molecule has 32 heavy (non-hydrogen) atoms. The van der Waals surface area contributed by atoms with Gasteiger partial charge in [-0.2, -0.15) is 0 Å². The summed E-state index contributed by atoms with van der Waals surface area (Å²) in [5.41, 5.74) is 5.04. The highest BCUT2D eigenvalue weighted by Gasteiger charge is 2.32. The molecule has 0 fully saturated rings. The fraction of sp³-hybridized carbons (Fsp3) is 0.333. The van der Waals surface area contributed by atoms with Gasteiger partial charge in [-0.15, -0.1) is 11.3 Å². The summed E-state index contributed by atoms with van der Waals surface area (Å²) in [7, 11) is 0. The summed E-state index contributed by atoms with van der Waals surface area (Å²) in [6.07, 6.45) is 2.35. The number of carbonyl (C=O) groups excluding carboxylic acids is 1. The molecule has 0 atom stereocenters. The predicted octanol–water partition coefficient (Wildman–Crippen LogP) is 5.41. The largest absolute Gasteiger partial charge is 0.465 e.